The molecule has 1 aliphatic heterocycles. The highest BCUT2D eigenvalue weighted by atomic mass is 79.9. The number of para-hydroxylation sites is 1. The lowest BCUT2D eigenvalue weighted by Gasteiger charge is -2.15. The van der Waals surface area contributed by atoms with Crippen molar-refractivity contribution in [3.8, 4) is 11.5 Å². The fourth-order valence-electron chi connectivity index (χ4n) is 4.11. The Kier molecular flexibility index (Phi) is 9.35. The summed E-state index contributed by atoms with van der Waals surface area (Å²) in [5, 5.41) is 16.2. The number of carbonyl (C=O) groups is 3. The molecule has 0 bridgehead atoms. The van der Waals surface area contributed by atoms with Crippen molar-refractivity contribution in [1.29, 1.82) is 0 Å². The molecule has 12 heteroatoms. The second kappa shape index (κ2) is 13.1. The number of amides is 4. The molecule has 0 unspecified atom stereocenters. The molecule has 1 saturated heterocycles. The van der Waals surface area contributed by atoms with Crippen LogP contribution in [0.15, 0.2) is 70.8 Å². The van der Waals surface area contributed by atoms with Gasteiger partial charge in [0, 0.05) is 17.8 Å². The predicted molar refractivity (Wildman–Crippen MR) is 155 cm³/mol. The van der Waals surface area contributed by atoms with Gasteiger partial charge in [0.05, 0.1) is 16.0 Å². The number of hydrogen-bond donors (Lipinski definition) is 2. The van der Waals surface area contributed by atoms with E-state index in [2.05, 4.69) is 26.6 Å². The van der Waals surface area contributed by atoms with Gasteiger partial charge in [-0.3, -0.25) is 19.7 Å². The van der Waals surface area contributed by atoms with Crippen LogP contribution in [0.3, 0.4) is 0 Å². The van der Waals surface area contributed by atoms with Crippen molar-refractivity contribution in [2.24, 2.45) is 0 Å². The molecule has 0 saturated carbocycles. The van der Waals surface area contributed by atoms with Crippen molar-refractivity contribution in [3.05, 3.63) is 97.6 Å². The standard InChI is InChI=1S/C29H27BrN4O7/c1-3-20-7-5-6-8-23(20)31-26(35)16-33-28(36)24(32-29(33)37)14-19-13-22(30)27(25(15-19)40-4-2)41-17-18-9-11-21(12-10-18)34(38)39/h5-15H,3-4,16-17H2,1-2H3,(H,31,35)(H,32,37)/b24-14+. The number of imide groups is 1. The maximum Gasteiger partial charge on any atom is 0.329 e. The van der Waals surface area contributed by atoms with E-state index in [1.54, 1.807) is 36.4 Å². The Labute approximate surface area is 244 Å². The first-order valence-corrected chi connectivity index (χ1v) is 13.5. The number of rotatable bonds is 11. The molecule has 0 radical (unpaired) electrons. The van der Waals surface area contributed by atoms with Crippen molar-refractivity contribution in [2.75, 3.05) is 18.5 Å². The van der Waals surface area contributed by atoms with E-state index in [1.807, 2.05) is 26.0 Å². The summed E-state index contributed by atoms with van der Waals surface area (Å²) in [7, 11) is 0. The molecule has 1 heterocycles. The number of anilines is 1. The van der Waals surface area contributed by atoms with Crippen molar-refractivity contribution in [3.63, 3.8) is 0 Å². The Balaban J connectivity index is 1.48. The summed E-state index contributed by atoms with van der Waals surface area (Å²) >= 11 is 3.48. The largest absolute Gasteiger partial charge is 0.490 e. The van der Waals surface area contributed by atoms with E-state index < -0.39 is 29.3 Å². The molecule has 0 aromatic heterocycles. The third-order valence-corrected chi connectivity index (χ3v) is 6.70. The summed E-state index contributed by atoms with van der Waals surface area (Å²) in [6, 6.07) is 16.0. The highest BCUT2D eigenvalue weighted by Crippen LogP contribution is 2.38. The molecule has 0 aliphatic carbocycles. The van der Waals surface area contributed by atoms with E-state index in [0.717, 1.165) is 16.0 Å². The summed E-state index contributed by atoms with van der Waals surface area (Å²) in [5.41, 5.74) is 2.82. The minimum absolute atomic E-state index is 0.00524. The van der Waals surface area contributed by atoms with E-state index in [-0.39, 0.29) is 18.0 Å². The fraction of sp³-hybridized carbons (Fsp3) is 0.207. The summed E-state index contributed by atoms with van der Waals surface area (Å²) in [5.74, 6) is -0.342. The van der Waals surface area contributed by atoms with Crippen LogP contribution in [0.25, 0.3) is 6.08 Å². The summed E-state index contributed by atoms with van der Waals surface area (Å²) in [6.45, 7) is 3.79. The van der Waals surface area contributed by atoms with Gasteiger partial charge in [-0.25, -0.2) is 9.69 Å². The molecule has 3 aromatic carbocycles. The monoisotopic (exact) mass is 622 g/mol. The third-order valence-electron chi connectivity index (χ3n) is 6.11. The Hall–Kier alpha value is -4.71. The van der Waals surface area contributed by atoms with Crippen LogP contribution in [-0.2, 0) is 22.6 Å². The molecule has 1 fully saturated rings. The van der Waals surface area contributed by atoms with E-state index in [4.69, 9.17) is 9.47 Å². The molecule has 1 aliphatic rings. The van der Waals surface area contributed by atoms with Gasteiger partial charge in [-0.1, -0.05) is 25.1 Å². The van der Waals surface area contributed by atoms with Crippen LogP contribution < -0.4 is 20.1 Å². The molecule has 41 heavy (non-hydrogen) atoms. The van der Waals surface area contributed by atoms with Crippen molar-refractivity contribution in [1.82, 2.24) is 10.2 Å². The second-order valence-electron chi connectivity index (χ2n) is 8.91. The molecule has 2 N–H and O–H groups in total. The zero-order valence-corrected chi connectivity index (χ0v) is 23.9. The SMILES string of the molecule is CCOc1cc(/C=C2/NC(=O)N(CC(=O)Nc3ccccc3CC)C2=O)cc(Br)c1OCc1ccc([N+](=O)[O-])cc1. The highest BCUT2D eigenvalue weighted by Gasteiger charge is 2.35. The molecular formula is C29H27BrN4O7. The van der Waals surface area contributed by atoms with Crippen LogP contribution >= 0.6 is 15.9 Å². The zero-order chi connectivity index (χ0) is 29.5. The van der Waals surface area contributed by atoms with Crippen LogP contribution in [0.2, 0.25) is 0 Å². The number of non-ortho nitro benzene ring substituents is 1. The Morgan fingerprint density at radius 1 is 1.10 bits per heavy atom. The maximum atomic E-state index is 13.0. The number of carbonyl (C=O) groups excluding carboxylic acids is 3. The van der Waals surface area contributed by atoms with Crippen LogP contribution in [-0.4, -0.2) is 40.8 Å². The molecule has 212 valence electrons. The maximum absolute atomic E-state index is 13.0. The van der Waals surface area contributed by atoms with Crippen LogP contribution in [0.1, 0.15) is 30.5 Å². The van der Waals surface area contributed by atoms with E-state index >= 15 is 0 Å². The van der Waals surface area contributed by atoms with Gasteiger partial charge in [-0.05, 0) is 82.4 Å². The Morgan fingerprint density at radius 3 is 2.51 bits per heavy atom. The lowest BCUT2D eigenvalue weighted by molar-refractivity contribution is -0.384. The predicted octanol–water partition coefficient (Wildman–Crippen LogP) is 5.43. The van der Waals surface area contributed by atoms with Crippen LogP contribution in [0, 0.1) is 10.1 Å². The normalized spacial score (nSPS) is 13.7. The minimum Gasteiger partial charge on any atom is -0.490 e. The van der Waals surface area contributed by atoms with Crippen LogP contribution in [0.5, 0.6) is 11.5 Å². The summed E-state index contributed by atoms with van der Waals surface area (Å²) in [6.07, 6.45) is 2.20. The fourth-order valence-corrected chi connectivity index (χ4v) is 4.68. The average molecular weight is 623 g/mol. The van der Waals surface area contributed by atoms with Gasteiger partial charge in [0.1, 0.15) is 18.8 Å². The molecule has 0 spiro atoms. The first-order chi connectivity index (χ1) is 19.7. The summed E-state index contributed by atoms with van der Waals surface area (Å²) < 4.78 is 12.2. The van der Waals surface area contributed by atoms with Gasteiger partial charge in [0.15, 0.2) is 11.5 Å². The summed E-state index contributed by atoms with van der Waals surface area (Å²) in [4.78, 5) is 49.4. The molecule has 11 nitrogen and oxygen atoms in total. The molecule has 0 atom stereocenters. The smallest absolute Gasteiger partial charge is 0.329 e. The van der Waals surface area contributed by atoms with Gasteiger partial charge in [0.25, 0.3) is 11.6 Å². The number of nitrogens with one attached hydrogen (secondary N) is 2. The quantitative estimate of drug-likeness (QED) is 0.126. The first kappa shape index (κ1) is 29.3. The van der Waals surface area contributed by atoms with E-state index in [1.165, 1.54) is 18.2 Å². The highest BCUT2D eigenvalue weighted by molar-refractivity contribution is 9.10. The van der Waals surface area contributed by atoms with Crippen LogP contribution in [0.4, 0.5) is 16.2 Å². The lowest BCUT2D eigenvalue weighted by atomic mass is 10.1. The van der Waals surface area contributed by atoms with Gasteiger partial charge in [0.2, 0.25) is 5.91 Å². The number of aryl methyl sites for hydroxylation is 1. The van der Waals surface area contributed by atoms with Crippen molar-refractivity contribution >= 4 is 51.2 Å². The minimum atomic E-state index is -0.702. The van der Waals surface area contributed by atoms with E-state index in [9.17, 15) is 24.5 Å². The Bertz CT molecular complexity index is 1520. The van der Waals surface area contributed by atoms with Gasteiger partial charge in [-0.15, -0.1) is 0 Å². The number of urea groups is 1. The number of ether oxygens (including phenoxy) is 2. The molecule has 3 aromatic rings. The molecule has 4 rings (SSSR count). The molecular weight excluding hydrogens is 596 g/mol. The van der Waals surface area contributed by atoms with Gasteiger partial charge >= 0.3 is 6.03 Å². The van der Waals surface area contributed by atoms with Crippen molar-refractivity contribution in [2.45, 2.75) is 26.9 Å². The number of nitro groups is 1. The number of nitrogens with zero attached hydrogens (tertiary/aromatic N) is 2. The third kappa shape index (κ3) is 7.09. The molecule has 4 amide bonds. The van der Waals surface area contributed by atoms with Gasteiger partial charge in [-0.2, -0.15) is 0 Å². The second-order valence-corrected chi connectivity index (χ2v) is 9.77. The average Bonchev–Trinajstić information content (AvgIpc) is 3.20. The first-order valence-electron chi connectivity index (χ1n) is 12.7. The number of hydrogen-bond acceptors (Lipinski definition) is 7. The van der Waals surface area contributed by atoms with Crippen molar-refractivity contribution < 1.29 is 28.8 Å². The van der Waals surface area contributed by atoms with Gasteiger partial charge < -0.3 is 20.1 Å². The Morgan fingerprint density at radius 2 is 1.83 bits per heavy atom. The number of halogens is 1. The number of nitro benzene ring substituents is 1. The number of benzene rings is 3. The topological polar surface area (TPSA) is 140 Å². The lowest BCUT2D eigenvalue weighted by Crippen LogP contribution is -2.38. The zero-order valence-electron chi connectivity index (χ0n) is 22.3. The van der Waals surface area contributed by atoms with E-state index in [0.29, 0.717) is 40.3 Å².